The third kappa shape index (κ3) is 3.28. The molecule has 1 spiro atoms. The second kappa shape index (κ2) is 6.17. The molecule has 0 bridgehead atoms. The highest BCUT2D eigenvalue weighted by Crippen LogP contribution is 2.37. The van der Waals surface area contributed by atoms with Crippen molar-refractivity contribution >= 4 is 5.69 Å². The van der Waals surface area contributed by atoms with E-state index in [1.807, 2.05) is 18.5 Å². The van der Waals surface area contributed by atoms with E-state index < -0.39 is 0 Å². The van der Waals surface area contributed by atoms with E-state index in [1.54, 1.807) is 0 Å². The lowest BCUT2D eigenvalue weighted by molar-refractivity contribution is 0.0119. The summed E-state index contributed by atoms with van der Waals surface area (Å²) in [5, 5.41) is 0. The summed E-state index contributed by atoms with van der Waals surface area (Å²) >= 11 is 0. The van der Waals surface area contributed by atoms with Crippen LogP contribution >= 0.6 is 0 Å². The largest absolute Gasteiger partial charge is 0.379 e. The smallest absolute Gasteiger partial charge is 0.0641 e. The summed E-state index contributed by atoms with van der Waals surface area (Å²) in [6.45, 7) is 7.65. The molecule has 22 heavy (non-hydrogen) atoms. The summed E-state index contributed by atoms with van der Waals surface area (Å²) < 4.78 is 6.02. The lowest BCUT2D eigenvalue weighted by Crippen LogP contribution is -2.51. The number of rotatable bonds is 3. The average molecular weight is 301 g/mol. The van der Waals surface area contributed by atoms with Crippen molar-refractivity contribution < 1.29 is 4.74 Å². The van der Waals surface area contributed by atoms with E-state index in [-0.39, 0.29) is 0 Å². The molecule has 4 rings (SSSR count). The zero-order valence-electron chi connectivity index (χ0n) is 13.4. The van der Waals surface area contributed by atoms with Crippen LogP contribution in [0.1, 0.15) is 25.7 Å². The normalized spacial score (nSPS) is 30.5. The molecular weight excluding hydrogens is 274 g/mol. The second-order valence-electron chi connectivity index (χ2n) is 7.47. The van der Waals surface area contributed by atoms with Gasteiger partial charge in [-0.25, -0.2) is 0 Å². The van der Waals surface area contributed by atoms with Gasteiger partial charge >= 0.3 is 0 Å². The third-order valence-electron chi connectivity index (χ3n) is 5.40. The lowest BCUT2D eigenvalue weighted by Gasteiger charge is -2.44. The molecule has 1 aliphatic carbocycles. The maximum absolute atomic E-state index is 6.02. The highest BCUT2D eigenvalue weighted by atomic mass is 16.5. The molecule has 1 saturated carbocycles. The highest BCUT2D eigenvalue weighted by molar-refractivity contribution is 5.44. The number of aromatic nitrogens is 1. The van der Waals surface area contributed by atoms with Gasteiger partial charge in [-0.1, -0.05) is 0 Å². The molecule has 120 valence electrons. The second-order valence-corrected chi connectivity index (χ2v) is 7.47. The van der Waals surface area contributed by atoms with Crippen molar-refractivity contribution in [3.63, 3.8) is 0 Å². The topological polar surface area (TPSA) is 28.6 Å². The molecule has 1 aromatic heterocycles. The van der Waals surface area contributed by atoms with Crippen LogP contribution < -0.4 is 4.90 Å². The standard InChI is InChI=1S/C18H27N3O/c1-3-17(11-19-7-1)21-9-10-22-15-18(14-21)6-2-8-20(13-18)12-16-4-5-16/h1,3,7,11,16H,2,4-6,8-10,12-15H2. The van der Waals surface area contributed by atoms with Crippen LogP contribution in [-0.4, -0.2) is 55.8 Å². The predicted molar refractivity (Wildman–Crippen MR) is 88.1 cm³/mol. The Morgan fingerprint density at radius 3 is 3.05 bits per heavy atom. The van der Waals surface area contributed by atoms with Crippen LogP contribution in [0.2, 0.25) is 0 Å². The fourth-order valence-electron chi connectivity index (χ4n) is 4.13. The minimum atomic E-state index is 0.305. The number of ether oxygens (including phenoxy) is 1. The molecule has 0 amide bonds. The first-order valence-electron chi connectivity index (χ1n) is 8.78. The third-order valence-corrected chi connectivity index (χ3v) is 5.40. The molecular formula is C18H27N3O. The zero-order valence-corrected chi connectivity index (χ0v) is 13.4. The number of anilines is 1. The van der Waals surface area contributed by atoms with Crippen LogP contribution in [0, 0.1) is 11.3 Å². The predicted octanol–water partition coefficient (Wildman–Crippen LogP) is 2.41. The van der Waals surface area contributed by atoms with Crippen molar-refractivity contribution in [1.82, 2.24) is 9.88 Å². The van der Waals surface area contributed by atoms with E-state index in [4.69, 9.17) is 4.74 Å². The SMILES string of the molecule is c1cncc(N2CCOCC3(CCCN(CC4CC4)C3)C2)c1. The Hall–Kier alpha value is -1.13. The summed E-state index contributed by atoms with van der Waals surface area (Å²) in [6, 6.07) is 4.21. The Morgan fingerprint density at radius 2 is 2.23 bits per heavy atom. The first-order chi connectivity index (χ1) is 10.8. The minimum Gasteiger partial charge on any atom is -0.379 e. The van der Waals surface area contributed by atoms with Gasteiger partial charge in [0.05, 0.1) is 25.1 Å². The van der Waals surface area contributed by atoms with E-state index in [2.05, 4.69) is 20.9 Å². The van der Waals surface area contributed by atoms with Crippen LogP contribution in [0.5, 0.6) is 0 Å². The van der Waals surface area contributed by atoms with Gasteiger partial charge in [0.1, 0.15) is 0 Å². The molecule has 0 radical (unpaired) electrons. The molecule has 4 heteroatoms. The molecule has 3 aliphatic rings. The van der Waals surface area contributed by atoms with E-state index >= 15 is 0 Å². The molecule has 3 heterocycles. The molecule has 1 unspecified atom stereocenters. The van der Waals surface area contributed by atoms with Crippen molar-refractivity contribution in [3.05, 3.63) is 24.5 Å². The Morgan fingerprint density at radius 1 is 1.27 bits per heavy atom. The van der Waals surface area contributed by atoms with Gasteiger partial charge in [0.15, 0.2) is 0 Å². The van der Waals surface area contributed by atoms with Crippen LogP contribution in [0.25, 0.3) is 0 Å². The zero-order chi connectivity index (χ0) is 14.8. The van der Waals surface area contributed by atoms with Gasteiger partial charge in [-0.3, -0.25) is 4.98 Å². The van der Waals surface area contributed by atoms with Crippen LogP contribution in [-0.2, 0) is 4.74 Å². The highest BCUT2D eigenvalue weighted by Gasteiger charge is 2.40. The fraction of sp³-hybridized carbons (Fsp3) is 0.722. The Bertz CT molecular complexity index is 490. The quantitative estimate of drug-likeness (QED) is 0.857. The van der Waals surface area contributed by atoms with Gasteiger partial charge in [0, 0.05) is 37.8 Å². The van der Waals surface area contributed by atoms with Crippen molar-refractivity contribution in [1.29, 1.82) is 0 Å². The molecule has 0 N–H and O–H groups in total. The van der Waals surface area contributed by atoms with E-state index in [0.717, 1.165) is 32.2 Å². The molecule has 0 aromatic carbocycles. The summed E-state index contributed by atoms with van der Waals surface area (Å²) in [5.41, 5.74) is 1.55. The Labute approximate surface area is 133 Å². The van der Waals surface area contributed by atoms with Crippen molar-refractivity contribution in [3.8, 4) is 0 Å². The van der Waals surface area contributed by atoms with Crippen LogP contribution in [0.3, 0.4) is 0 Å². The lowest BCUT2D eigenvalue weighted by atomic mass is 9.80. The van der Waals surface area contributed by atoms with E-state index in [9.17, 15) is 0 Å². The summed E-state index contributed by atoms with van der Waals surface area (Å²) in [7, 11) is 0. The monoisotopic (exact) mass is 301 g/mol. The first-order valence-corrected chi connectivity index (χ1v) is 8.78. The summed E-state index contributed by atoms with van der Waals surface area (Å²) in [6.07, 6.45) is 9.35. The summed E-state index contributed by atoms with van der Waals surface area (Å²) in [4.78, 5) is 9.49. The Balaban J connectivity index is 1.49. The van der Waals surface area contributed by atoms with Crippen molar-refractivity contribution in [2.75, 3.05) is 50.8 Å². The molecule has 2 aliphatic heterocycles. The molecule has 1 aromatic rings. The minimum absolute atomic E-state index is 0.305. The average Bonchev–Trinajstić information content (AvgIpc) is 3.37. The molecule has 3 fully saturated rings. The fourth-order valence-corrected chi connectivity index (χ4v) is 4.13. The number of likely N-dealkylation sites (tertiary alicyclic amines) is 1. The number of hydrogen-bond acceptors (Lipinski definition) is 4. The van der Waals surface area contributed by atoms with Gasteiger partial charge in [-0.2, -0.15) is 0 Å². The van der Waals surface area contributed by atoms with Crippen LogP contribution in [0.4, 0.5) is 5.69 Å². The van der Waals surface area contributed by atoms with Gasteiger partial charge in [0.25, 0.3) is 0 Å². The van der Waals surface area contributed by atoms with E-state index in [1.165, 1.54) is 51.0 Å². The van der Waals surface area contributed by atoms with Gasteiger partial charge in [0.2, 0.25) is 0 Å². The van der Waals surface area contributed by atoms with E-state index in [0.29, 0.717) is 5.41 Å². The number of nitrogens with zero attached hydrogens (tertiary/aromatic N) is 3. The van der Waals surface area contributed by atoms with Gasteiger partial charge in [-0.15, -0.1) is 0 Å². The number of hydrogen-bond donors (Lipinski definition) is 0. The molecule has 1 atom stereocenters. The van der Waals surface area contributed by atoms with Crippen molar-refractivity contribution in [2.24, 2.45) is 11.3 Å². The number of piperidine rings is 1. The van der Waals surface area contributed by atoms with Gasteiger partial charge in [-0.05, 0) is 50.3 Å². The molecule has 4 nitrogen and oxygen atoms in total. The summed E-state index contributed by atoms with van der Waals surface area (Å²) in [5.74, 6) is 0.983. The maximum atomic E-state index is 6.02. The van der Waals surface area contributed by atoms with Gasteiger partial charge < -0.3 is 14.5 Å². The van der Waals surface area contributed by atoms with Crippen molar-refractivity contribution in [2.45, 2.75) is 25.7 Å². The first kappa shape index (κ1) is 14.5. The van der Waals surface area contributed by atoms with Crippen LogP contribution in [0.15, 0.2) is 24.5 Å². The Kier molecular flexibility index (Phi) is 4.05. The number of pyridine rings is 1. The maximum Gasteiger partial charge on any atom is 0.0641 e. The molecule has 2 saturated heterocycles.